The van der Waals surface area contributed by atoms with Gasteiger partial charge in [0, 0.05) is 0 Å². The minimum atomic E-state index is -4.67. The summed E-state index contributed by atoms with van der Waals surface area (Å²) in [4.78, 5) is 2.39. The number of nitrogens with zero attached hydrogens (tertiary/aromatic N) is 1. The molecule has 0 aliphatic carbocycles. The Morgan fingerprint density at radius 3 is 1.58 bits per heavy atom. The van der Waals surface area contributed by atoms with Gasteiger partial charge < -0.3 is 4.90 Å². The lowest BCUT2D eigenvalue weighted by molar-refractivity contribution is 0.277. The average Bonchev–Trinajstić information content (AvgIpc) is 1.85. The quantitative estimate of drug-likeness (QED) is 0.551. The maximum Gasteiger partial charge on any atom is 0.394 e. The zero-order valence-electron chi connectivity index (χ0n) is 7.10. The Bertz CT molecular complexity index is 188. The molecule has 74 valence electrons. The molecule has 0 aromatic heterocycles. The van der Waals surface area contributed by atoms with Crippen molar-refractivity contribution < 1.29 is 17.5 Å². The zero-order chi connectivity index (χ0) is 9.61. The Hall–Kier alpha value is -0.170. The second-order valence-electron chi connectivity index (χ2n) is 2.81. The molecule has 1 saturated heterocycles. The highest BCUT2D eigenvalue weighted by Gasteiger charge is 2.02. The van der Waals surface area contributed by atoms with Crippen LogP contribution >= 0.6 is 0 Å². The summed E-state index contributed by atoms with van der Waals surface area (Å²) in [6.07, 6.45) is 4.28. The molecule has 1 rings (SSSR count). The molecule has 1 aliphatic heterocycles. The number of hydrogen-bond acceptors (Lipinski definition) is 3. The van der Waals surface area contributed by atoms with Gasteiger partial charge in [0.2, 0.25) is 0 Å². The third-order valence-corrected chi connectivity index (χ3v) is 1.58. The molecule has 1 heterocycles. The first kappa shape index (κ1) is 11.8. The number of hydrogen-bond donors (Lipinski definition) is 2. The molecule has 5 nitrogen and oxygen atoms in total. The Morgan fingerprint density at radius 1 is 1.08 bits per heavy atom. The van der Waals surface area contributed by atoms with E-state index in [2.05, 4.69) is 11.9 Å². The lowest BCUT2D eigenvalue weighted by Gasteiger charge is -2.20. The maximum absolute atomic E-state index is 8.74. The summed E-state index contributed by atoms with van der Waals surface area (Å²) in [6, 6.07) is 0. The van der Waals surface area contributed by atoms with Gasteiger partial charge in [0.1, 0.15) is 0 Å². The van der Waals surface area contributed by atoms with Crippen LogP contribution in [-0.4, -0.2) is 42.6 Å². The second kappa shape index (κ2) is 5.47. The predicted molar refractivity (Wildman–Crippen MR) is 45.5 cm³/mol. The first-order chi connectivity index (χ1) is 5.39. The minimum absolute atomic E-state index is 1.32. The normalized spacial score (nSPS) is 19.6. The SMILES string of the molecule is CN1CCCCC1.O=S(=O)(O)O. The van der Waals surface area contributed by atoms with Crippen molar-refractivity contribution >= 4 is 10.4 Å². The van der Waals surface area contributed by atoms with Gasteiger partial charge in [-0.3, -0.25) is 9.11 Å². The van der Waals surface area contributed by atoms with Gasteiger partial charge in [-0.25, -0.2) is 0 Å². The van der Waals surface area contributed by atoms with Crippen LogP contribution in [-0.2, 0) is 10.4 Å². The molecule has 1 fully saturated rings. The van der Waals surface area contributed by atoms with E-state index in [1.54, 1.807) is 0 Å². The van der Waals surface area contributed by atoms with Crippen LogP contribution in [0.15, 0.2) is 0 Å². The van der Waals surface area contributed by atoms with Crippen LogP contribution in [0.3, 0.4) is 0 Å². The van der Waals surface area contributed by atoms with E-state index in [1.807, 2.05) is 0 Å². The third-order valence-electron chi connectivity index (χ3n) is 1.58. The molecule has 0 atom stereocenters. The molecule has 0 aromatic carbocycles. The van der Waals surface area contributed by atoms with Gasteiger partial charge in [-0.1, -0.05) is 6.42 Å². The monoisotopic (exact) mass is 197 g/mol. The van der Waals surface area contributed by atoms with Crippen LogP contribution in [0.1, 0.15) is 19.3 Å². The van der Waals surface area contributed by atoms with E-state index in [1.165, 1.54) is 32.4 Å². The van der Waals surface area contributed by atoms with Crippen molar-refractivity contribution in [1.29, 1.82) is 0 Å². The first-order valence-corrected chi connectivity index (χ1v) is 5.18. The Labute approximate surface area is 73.0 Å². The van der Waals surface area contributed by atoms with Gasteiger partial charge in [-0.15, -0.1) is 0 Å². The molecule has 0 amide bonds. The Balaban J connectivity index is 0.000000217. The third kappa shape index (κ3) is 12.5. The van der Waals surface area contributed by atoms with E-state index in [9.17, 15) is 0 Å². The zero-order valence-corrected chi connectivity index (χ0v) is 7.92. The number of piperidine rings is 1. The van der Waals surface area contributed by atoms with E-state index in [4.69, 9.17) is 17.5 Å². The van der Waals surface area contributed by atoms with Gasteiger partial charge in [-0.05, 0) is 33.0 Å². The number of likely N-dealkylation sites (tertiary alicyclic amines) is 1. The predicted octanol–water partition coefficient (Wildman–Crippen LogP) is 0.449. The summed E-state index contributed by atoms with van der Waals surface area (Å²) >= 11 is 0. The van der Waals surface area contributed by atoms with Crippen LogP contribution in [0.25, 0.3) is 0 Å². The highest BCUT2D eigenvalue weighted by Crippen LogP contribution is 2.04. The fourth-order valence-electron chi connectivity index (χ4n) is 1.05. The lowest BCUT2D eigenvalue weighted by Crippen LogP contribution is -2.24. The van der Waals surface area contributed by atoms with E-state index in [-0.39, 0.29) is 0 Å². The van der Waals surface area contributed by atoms with Crippen molar-refractivity contribution in [3.63, 3.8) is 0 Å². The van der Waals surface area contributed by atoms with Gasteiger partial charge in [0.15, 0.2) is 0 Å². The standard InChI is InChI=1S/C6H13N.H2O4S/c1-7-5-3-2-4-6-7;1-5(2,3)4/h2-6H2,1H3;(H2,1,2,3,4). The fraction of sp³-hybridized carbons (Fsp3) is 1.00. The van der Waals surface area contributed by atoms with Crippen molar-refractivity contribution in [3.8, 4) is 0 Å². The second-order valence-corrected chi connectivity index (χ2v) is 3.71. The summed E-state index contributed by atoms with van der Waals surface area (Å²) in [5, 5.41) is 0. The van der Waals surface area contributed by atoms with Crippen molar-refractivity contribution in [2.75, 3.05) is 20.1 Å². The Kier molecular flexibility index (Phi) is 5.39. The molecule has 0 radical (unpaired) electrons. The summed E-state index contributed by atoms with van der Waals surface area (Å²) in [5.74, 6) is 0. The highest BCUT2D eigenvalue weighted by atomic mass is 32.3. The average molecular weight is 197 g/mol. The molecular formula is C6H15NO4S. The largest absolute Gasteiger partial charge is 0.394 e. The van der Waals surface area contributed by atoms with Crippen LogP contribution in [0.2, 0.25) is 0 Å². The molecule has 0 bridgehead atoms. The summed E-state index contributed by atoms with van der Waals surface area (Å²) < 4.78 is 31.6. The van der Waals surface area contributed by atoms with Crippen molar-refractivity contribution in [2.45, 2.75) is 19.3 Å². The van der Waals surface area contributed by atoms with Gasteiger partial charge in [0.05, 0.1) is 0 Å². The van der Waals surface area contributed by atoms with E-state index >= 15 is 0 Å². The lowest BCUT2D eigenvalue weighted by atomic mass is 10.1. The molecule has 0 aromatic rings. The molecule has 2 N–H and O–H groups in total. The van der Waals surface area contributed by atoms with Crippen LogP contribution in [0.4, 0.5) is 0 Å². The first-order valence-electron chi connectivity index (χ1n) is 3.78. The van der Waals surface area contributed by atoms with Gasteiger partial charge in [0.25, 0.3) is 0 Å². The topological polar surface area (TPSA) is 77.8 Å². The van der Waals surface area contributed by atoms with Crippen LogP contribution < -0.4 is 0 Å². The Morgan fingerprint density at radius 2 is 1.42 bits per heavy atom. The number of rotatable bonds is 0. The fourth-order valence-corrected chi connectivity index (χ4v) is 1.05. The van der Waals surface area contributed by atoms with Crippen molar-refractivity contribution in [1.82, 2.24) is 4.90 Å². The van der Waals surface area contributed by atoms with Crippen molar-refractivity contribution in [3.05, 3.63) is 0 Å². The van der Waals surface area contributed by atoms with Crippen LogP contribution in [0, 0.1) is 0 Å². The van der Waals surface area contributed by atoms with Gasteiger partial charge >= 0.3 is 10.4 Å². The molecule has 12 heavy (non-hydrogen) atoms. The highest BCUT2D eigenvalue weighted by molar-refractivity contribution is 7.79. The summed E-state index contributed by atoms with van der Waals surface area (Å²) in [6.45, 7) is 2.64. The molecule has 1 aliphatic rings. The van der Waals surface area contributed by atoms with Crippen LogP contribution in [0.5, 0.6) is 0 Å². The summed E-state index contributed by atoms with van der Waals surface area (Å²) in [7, 11) is -2.47. The van der Waals surface area contributed by atoms with Crippen molar-refractivity contribution in [2.24, 2.45) is 0 Å². The minimum Gasteiger partial charge on any atom is -0.306 e. The van der Waals surface area contributed by atoms with E-state index < -0.39 is 10.4 Å². The van der Waals surface area contributed by atoms with E-state index in [0.717, 1.165) is 0 Å². The van der Waals surface area contributed by atoms with Gasteiger partial charge in [-0.2, -0.15) is 8.42 Å². The molecular weight excluding hydrogens is 182 g/mol. The molecule has 0 spiro atoms. The molecule has 0 unspecified atom stereocenters. The summed E-state index contributed by atoms with van der Waals surface area (Å²) in [5.41, 5.74) is 0. The smallest absolute Gasteiger partial charge is 0.306 e. The molecule has 6 heteroatoms. The van der Waals surface area contributed by atoms with E-state index in [0.29, 0.717) is 0 Å². The molecule has 0 saturated carbocycles. The maximum atomic E-state index is 8.74.